The summed E-state index contributed by atoms with van der Waals surface area (Å²) in [5, 5.41) is 13.7. The van der Waals surface area contributed by atoms with Crippen LogP contribution in [-0.4, -0.2) is 52.1 Å². The summed E-state index contributed by atoms with van der Waals surface area (Å²) < 4.78 is 0. The summed E-state index contributed by atoms with van der Waals surface area (Å²) >= 11 is 3.69. The van der Waals surface area contributed by atoms with Gasteiger partial charge in [-0.3, -0.25) is 14.9 Å². The fraction of sp³-hybridized carbons (Fsp3) is 0.727. The van der Waals surface area contributed by atoms with Crippen LogP contribution < -0.4 is 10.6 Å². The first-order chi connectivity index (χ1) is 9.08. The van der Waals surface area contributed by atoms with Gasteiger partial charge in [0.1, 0.15) is 0 Å². The SMILES string of the molecule is O=C(O)CCCC(=O)NC(=O)NCC1CSCCS1. The molecule has 1 saturated heterocycles. The van der Waals surface area contributed by atoms with E-state index in [0.717, 1.165) is 17.3 Å². The number of amides is 3. The zero-order chi connectivity index (χ0) is 14.1. The van der Waals surface area contributed by atoms with E-state index in [0.29, 0.717) is 11.8 Å². The molecule has 1 aliphatic heterocycles. The second-order valence-corrected chi connectivity index (χ2v) is 6.63. The maximum atomic E-state index is 11.4. The number of rotatable bonds is 6. The lowest BCUT2D eigenvalue weighted by molar-refractivity contribution is -0.137. The minimum absolute atomic E-state index is 0.0494. The van der Waals surface area contributed by atoms with E-state index in [1.807, 2.05) is 23.5 Å². The Bertz CT molecular complexity index is 333. The van der Waals surface area contributed by atoms with Crippen molar-refractivity contribution in [1.29, 1.82) is 0 Å². The quantitative estimate of drug-likeness (QED) is 0.675. The average Bonchev–Trinajstić information content (AvgIpc) is 2.37. The maximum Gasteiger partial charge on any atom is 0.321 e. The van der Waals surface area contributed by atoms with Gasteiger partial charge in [-0.25, -0.2) is 4.79 Å². The van der Waals surface area contributed by atoms with Gasteiger partial charge >= 0.3 is 12.0 Å². The second-order valence-electron chi connectivity index (χ2n) is 4.07. The number of hydrogen-bond donors (Lipinski definition) is 3. The van der Waals surface area contributed by atoms with E-state index in [-0.39, 0.29) is 19.3 Å². The van der Waals surface area contributed by atoms with Crippen LogP contribution >= 0.6 is 23.5 Å². The Morgan fingerprint density at radius 3 is 2.63 bits per heavy atom. The molecule has 1 rings (SSSR count). The van der Waals surface area contributed by atoms with E-state index in [9.17, 15) is 14.4 Å². The molecule has 6 nitrogen and oxygen atoms in total. The number of carbonyl (C=O) groups excluding carboxylic acids is 2. The van der Waals surface area contributed by atoms with Gasteiger partial charge in [-0.1, -0.05) is 0 Å². The summed E-state index contributed by atoms with van der Waals surface area (Å²) in [6.07, 6.45) is 0.224. The van der Waals surface area contributed by atoms with Crippen LogP contribution in [0.3, 0.4) is 0 Å². The van der Waals surface area contributed by atoms with E-state index in [2.05, 4.69) is 10.6 Å². The third kappa shape index (κ3) is 7.99. The van der Waals surface area contributed by atoms with Gasteiger partial charge in [-0.15, -0.1) is 0 Å². The fourth-order valence-electron chi connectivity index (χ4n) is 1.49. The van der Waals surface area contributed by atoms with Crippen molar-refractivity contribution in [1.82, 2.24) is 10.6 Å². The van der Waals surface area contributed by atoms with Crippen LogP contribution in [0.5, 0.6) is 0 Å². The number of urea groups is 1. The number of carbonyl (C=O) groups is 3. The van der Waals surface area contributed by atoms with Crippen molar-refractivity contribution < 1.29 is 19.5 Å². The standard InChI is InChI=1S/C11H18N2O4S2/c14-9(2-1-3-10(15)16)13-11(17)12-6-8-7-18-4-5-19-8/h8H,1-7H2,(H,15,16)(H2,12,13,14,17). The zero-order valence-corrected chi connectivity index (χ0v) is 12.1. The Morgan fingerprint density at radius 2 is 2.00 bits per heavy atom. The second kappa shape index (κ2) is 9.08. The lowest BCUT2D eigenvalue weighted by Crippen LogP contribution is -2.42. The highest BCUT2D eigenvalue weighted by Crippen LogP contribution is 2.23. The molecule has 108 valence electrons. The van der Waals surface area contributed by atoms with Gasteiger partial charge in [0.05, 0.1) is 0 Å². The van der Waals surface area contributed by atoms with Crippen molar-refractivity contribution in [3.8, 4) is 0 Å². The Kier molecular flexibility index (Phi) is 7.73. The Balaban J connectivity index is 2.08. The molecule has 0 aromatic rings. The van der Waals surface area contributed by atoms with Gasteiger partial charge in [0.15, 0.2) is 0 Å². The summed E-state index contributed by atoms with van der Waals surface area (Å²) in [5.74, 6) is 1.87. The Morgan fingerprint density at radius 1 is 1.21 bits per heavy atom. The van der Waals surface area contributed by atoms with Crippen molar-refractivity contribution in [3.05, 3.63) is 0 Å². The van der Waals surface area contributed by atoms with Gasteiger partial charge in [0.2, 0.25) is 5.91 Å². The first kappa shape index (κ1) is 16.2. The highest BCUT2D eigenvalue weighted by Gasteiger charge is 2.15. The van der Waals surface area contributed by atoms with Gasteiger partial charge in [-0.2, -0.15) is 23.5 Å². The van der Waals surface area contributed by atoms with Gasteiger partial charge in [0.25, 0.3) is 0 Å². The Labute approximate surface area is 120 Å². The third-order valence-electron chi connectivity index (χ3n) is 2.42. The molecule has 1 fully saturated rings. The molecule has 1 aliphatic rings. The molecule has 8 heteroatoms. The van der Waals surface area contributed by atoms with Crippen molar-refractivity contribution in [2.45, 2.75) is 24.5 Å². The predicted molar refractivity (Wildman–Crippen MR) is 76.6 cm³/mol. The largest absolute Gasteiger partial charge is 0.481 e. The molecule has 0 aliphatic carbocycles. The smallest absolute Gasteiger partial charge is 0.321 e. The number of carboxylic acid groups (broad SMARTS) is 1. The number of thioether (sulfide) groups is 2. The van der Waals surface area contributed by atoms with Crippen LogP contribution in [0.15, 0.2) is 0 Å². The molecular formula is C11H18N2O4S2. The van der Waals surface area contributed by atoms with Crippen molar-refractivity contribution in [3.63, 3.8) is 0 Å². The number of aliphatic carboxylic acids is 1. The highest BCUT2D eigenvalue weighted by atomic mass is 32.2. The van der Waals surface area contributed by atoms with Crippen LogP contribution in [0, 0.1) is 0 Å². The lowest BCUT2D eigenvalue weighted by atomic mass is 10.2. The molecular weight excluding hydrogens is 288 g/mol. The third-order valence-corrected chi connectivity index (χ3v) is 5.27. The summed E-state index contributed by atoms with van der Waals surface area (Å²) in [7, 11) is 0. The normalized spacial score (nSPS) is 18.6. The Hall–Kier alpha value is -0.890. The van der Waals surface area contributed by atoms with E-state index in [1.165, 1.54) is 0 Å². The molecule has 3 N–H and O–H groups in total. The number of hydrogen-bond acceptors (Lipinski definition) is 5. The molecule has 1 unspecified atom stereocenters. The number of nitrogens with one attached hydrogen (secondary N) is 2. The van der Waals surface area contributed by atoms with Gasteiger partial charge < -0.3 is 10.4 Å². The van der Waals surface area contributed by atoms with Crippen LogP contribution in [0.25, 0.3) is 0 Å². The molecule has 3 amide bonds. The van der Waals surface area contributed by atoms with Crippen molar-refractivity contribution in [2.24, 2.45) is 0 Å². The molecule has 19 heavy (non-hydrogen) atoms. The summed E-state index contributed by atoms with van der Waals surface area (Å²) in [6.45, 7) is 0.548. The maximum absolute atomic E-state index is 11.4. The monoisotopic (exact) mass is 306 g/mol. The van der Waals surface area contributed by atoms with Crippen LogP contribution in [0.2, 0.25) is 0 Å². The first-order valence-electron chi connectivity index (χ1n) is 6.06. The molecule has 0 saturated carbocycles. The van der Waals surface area contributed by atoms with E-state index >= 15 is 0 Å². The topological polar surface area (TPSA) is 95.5 Å². The predicted octanol–water partition coefficient (Wildman–Crippen LogP) is 0.916. The summed E-state index contributed by atoms with van der Waals surface area (Å²) in [6, 6.07) is -0.503. The molecule has 0 bridgehead atoms. The molecule has 1 atom stereocenters. The van der Waals surface area contributed by atoms with Gasteiger partial charge in [-0.05, 0) is 6.42 Å². The fourth-order valence-corrected chi connectivity index (χ4v) is 4.11. The van der Waals surface area contributed by atoms with Gasteiger partial charge in [0, 0.05) is 41.9 Å². The minimum Gasteiger partial charge on any atom is -0.481 e. The van der Waals surface area contributed by atoms with E-state index < -0.39 is 17.9 Å². The highest BCUT2D eigenvalue weighted by molar-refractivity contribution is 8.06. The molecule has 0 aromatic heterocycles. The molecule has 0 spiro atoms. The molecule has 0 radical (unpaired) electrons. The van der Waals surface area contributed by atoms with E-state index in [4.69, 9.17) is 5.11 Å². The first-order valence-corrected chi connectivity index (χ1v) is 8.27. The summed E-state index contributed by atoms with van der Waals surface area (Å²) in [4.78, 5) is 33.0. The molecule has 1 heterocycles. The average molecular weight is 306 g/mol. The van der Waals surface area contributed by atoms with Crippen molar-refractivity contribution in [2.75, 3.05) is 23.8 Å². The summed E-state index contributed by atoms with van der Waals surface area (Å²) in [5.41, 5.74) is 0. The van der Waals surface area contributed by atoms with Crippen LogP contribution in [-0.2, 0) is 9.59 Å². The van der Waals surface area contributed by atoms with Crippen molar-refractivity contribution >= 4 is 41.4 Å². The minimum atomic E-state index is -0.941. The number of imide groups is 1. The van der Waals surface area contributed by atoms with Crippen LogP contribution in [0.1, 0.15) is 19.3 Å². The number of carboxylic acids is 1. The molecule has 0 aromatic carbocycles. The zero-order valence-electron chi connectivity index (χ0n) is 10.5. The van der Waals surface area contributed by atoms with Crippen LogP contribution in [0.4, 0.5) is 4.79 Å². The van der Waals surface area contributed by atoms with E-state index in [1.54, 1.807) is 0 Å². The lowest BCUT2D eigenvalue weighted by Gasteiger charge is -2.21.